The van der Waals surface area contributed by atoms with Crippen molar-refractivity contribution < 1.29 is 8.42 Å². The van der Waals surface area contributed by atoms with E-state index in [9.17, 15) is 8.42 Å². The third kappa shape index (κ3) is 9.08. The van der Waals surface area contributed by atoms with E-state index in [1.165, 1.54) is 5.57 Å². The van der Waals surface area contributed by atoms with Gasteiger partial charge in [0.15, 0.2) is 10.7 Å². The maximum absolute atomic E-state index is 10.2. The highest BCUT2D eigenvalue weighted by Crippen LogP contribution is 2.06. The van der Waals surface area contributed by atoms with Crippen LogP contribution < -0.4 is 0 Å². The largest absolute Gasteiger partial charge is 0.227 e. The normalized spacial score (nSPS) is 10.7. The predicted molar refractivity (Wildman–Crippen MR) is 57.3 cm³/mol. The highest BCUT2D eigenvalue weighted by atomic mass is 32.2. The van der Waals surface area contributed by atoms with Crippen LogP contribution in [0.15, 0.2) is 35.3 Å². The smallest absolute Gasteiger partial charge is 0.161 e. The molecular weight excluding hydrogens is 184 g/mol. The van der Waals surface area contributed by atoms with Crippen molar-refractivity contribution in [2.24, 2.45) is 0 Å². The summed E-state index contributed by atoms with van der Waals surface area (Å²) >= 11 is 0. The molecule has 0 fully saturated rings. The van der Waals surface area contributed by atoms with Gasteiger partial charge in [-0.25, -0.2) is 8.42 Å². The van der Waals surface area contributed by atoms with Crippen LogP contribution >= 0.6 is 0 Å². The molecule has 0 atom stereocenters. The van der Waals surface area contributed by atoms with Crippen molar-refractivity contribution in [2.75, 3.05) is 0 Å². The highest BCUT2D eigenvalue weighted by molar-refractivity contribution is 7.75. The van der Waals surface area contributed by atoms with E-state index in [4.69, 9.17) is 0 Å². The molecule has 0 N–H and O–H groups in total. The Labute approximate surface area is 81.6 Å². The van der Waals surface area contributed by atoms with Crippen LogP contribution in [0, 0.1) is 0 Å². The second-order valence-corrected chi connectivity index (χ2v) is 3.95. The lowest BCUT2D eigenvalue weighted by Crippen LogP contribution is -1.76. The molecule has 0 radical (unpaired) electrons. The zero-order chi connectivity index (χ0) is 10.3. The Bertz CT molecular complexity index is 284. The van der Waals surface area contributed by atoms with Gasteiger partial charge in [0.2, 0.25) is 0 Å². The number of allylic oxidation sites excluding steroid dienone is 4. The minimum absolute atomic E-state index is 0.810. The maximum atomic E-state index is 10.2. The van der Waals surface area contributed by atoms with Gasteiger partial charge in [-0.3, -0.25) is 0 Å². The molecule has 0 aliphatic carbocycles. The molecule has 0 saturated heterocycles. The van der Waals surface area contributed by atoms with Gasteiger partial charge in [0.25, 0.3) is 0 Å². The van der Waals surface area contributed by atoms with Gasteiger partial charge in [-0.2, -0.15) is 0 Å². The molecule has 0 saturated carbocycles. The molecule has 0 aromatic carbocycles. The zero-order valence-corrected chi connectivity index (χ0v) is 9.01. The molecule has 0 unspecified atom stereocenters. The first-order chi connectivity index (χ1) is 6.02. The molecule has 0 aromatic rings. The van der Waals surface area contributed by atoms with Crippen molar-refractivity contribution in [3.63, 3.8) is 0 Å². The van der Waals surface area contributed by atoms with Crippen LogP contribution in [0.3, 0.4) is 0 Å². The van der Waals surface area contributed by atoms with Crippen molar-refractivity contribution in [2.45, 2.75) is 26.7 Å². The molecule has 0 aromatic heterocycles. The van der Waals surface area contributed by atoms with E-state index in [1.54, 1.807) is 6.08 Å². The Hall–Kier alpha value is -0.830. The molecule has 0 amide bonds. The number of thiol groups is 1. The second-order valence-electron chi connectivity index (χ2n) is 3.08. The molecule has 13 heavy (non-hydrogen) atoms. The van der Waals surface area contributed by atoms with Crippen LogP contribution in [0.4, 0.5) is 0 Å². The average Bonchev–Trinajstić information content (AvgIpc) is 2.00. The fraction of sp³-hybridized carbons (Fsp3) is 0.400. The zero-order valence-electron chi connectivity index (χ0n) is 8.12. The van der Waals surface area contributed by atoms with E-state index < -0.39 is 10.7 Å². The van der Waals surface area contributed by atoms with Crippen LogP contribution in [0.5, 0.6) is 0 Å². The van der Waals surface area contributed by atoms with E-state index in [2.05, 4.69) is 12.7 Å². The summed E-state index contributed by atoms with van der Waals surface area (Å²) in [6.45, 7) is 7.81. The van der Waals surface area contributed by atoms with E-state index in [0.717, 1.165) is 23.8 Å². The van der Waals surface area contributed by atoms with Crippen LogP contribution in [-0.2, 0) is 10.7 Å². The van der Waals surface area contributed by atoms with Gasteiger partial charge in [-0.1, -0.05) is 23.8 Å². The lowest BCUT2D eigenvalue weighted by Gasteiger charge is -1.95. The Morgan fingerprint density at radius 3 is 2.46 bits per heavy atom. The molecular formula is C10H16O2S. The lowest BCUT2D eigenvalue weighted by atomic mass is 10.1. The van der Waals surface area contributed by atoms with Gasteiger partial charge in [0, 0.05) is 5.41 Å². The van der Waals surface area contributed by atoms with Crippen molar-refractivity contribution in [1.29, 1.82) is 0 Å². The number of rotatable bonds is 5. The summed E-state index contributed by atoms with van der Waals surface area (Å²) in [5.74, 6) is 0. The topological polar surface area (TPSA) is 34.1 Å². The molecule has 0 aliphatic rings. The fourth-order valence-electron chi connectivity index (χ4n) is 0.796. The molecule has 0 aliphatic heterocycles. The van der Waals surface area contributed by atoms with Gasteiger partial charge in [0.05, 0.1) is 0 Å². The second kappa shape index (κ2) is 6.66. The van der Waals surface area contributed by atoms with Crippen LogP contribution in [-0.4, -0.2) is 8.42 Å². The van der Waals surface area contributed by atoms with Crippen LogP contribution in [0.25, 0.3) is 0 Å². The molecule has 74 valence electrons. The molecule has 0 spiro atoms. The first-order valence-corrected chi connectivity index (χ1v) is 5.40. The van der Waals surface area contributed by atoms with Crippen molar-refractivity contribution in [3.8, 4) is 0 Å². The quantitative estimate of drug-likeness (QED) is 0.420. The Morgan fingerprint density at radius 2 is 2.00 bits per heavy atom. The third-order valence-electron chi connectivity index (χ3n) is 1.45. The number of hydrogen-bond donors (Lipinski definition) is 1. The molecule has 2 nitrogen and oxygen atoms in total. The van der Waals surface area contributed by atoms with E-state index in [0.29, 0.717) is 0 Å². The maximum Gasteiger partial charge on any atom is 0.161 e. The first kappa shape index (κ1) is 12.2. The molecule has 0 rings (SSSR count). The minimum Gasteiger partial charge on any atom is -0.227 e. The summed E-state index contributed by atoms with van der Waals surface area (Å²) in [4.78, 5) is 0. The summed E-state index contributed by atoms with van der Waals surface area (Å²) in [5.41, 5.74) is 2.11. The predicted octanol–water partition coefficient (Wildman–Crippen LogP) is 2.41. The van der Waals surface area contributed by atoms with E-state index in [1.807, 2.05) is 13.8 Å². The Balaban J connectivity index is 3.83. The molecule has 0 heterocycles. The van der Waals surface area contributed by atoms with Crippen LogP contribution in [0.2, 0.25) is 0 Å². The lowest BCUT2D eigenvalue weighted by molar-refractivity contribution is 0.622. The SMILES string of the molecule is C=C(C=C[SH](=O)=O)CCC=C(C)C. The minimum atomic E-state index is -2.42. The monoisotopic (exact) mass is 200 g/mol. The summed E-state index contributed by atoms with van der Waals surface area (Å²) in [7, 11) is -2.42. The van der Waals surface area contributed by atoms with Crippen molar-refractivity contribution in [3.05, 3.63) is 35.3 Å². The van der Waals surface area contributed by atoms with Crippen molar-refractivity contribution in [1.82, 2.24) is 0 Å². The third-order valence-corrected chi connectivity index (χ3v) is 1.84. The van der Waals surface area contributed by atoms with E-state index in [-0.39, 0.29) is 0 Å². The van der Waals surface area contributed by atoms with Gasteiger partial charge in [-0.05, 0) is 32.8 Å². The molecule has 3 heteroatoms. The Morgan fingerprint density at radius 1 is 1.38 bits per heavy atom. The van der Waals surface area contributed by atoms with Gasteiger partial charge < -0.3 is 0 Å². The van der Waals surface area contributed by atoms with E-state index >= 15 is 0 Å². The summed E-state index contributed by atoms with van der Waals surface area (Å²) in [6, 6.07) is 0. The first-order valence-electron chi connectivity index (χ1n) is 4.15. The Kier molecular flexibility index (Phi) is 6.24. The summed E-state index contributed by atoms with van der Waals surface area (Å²) in [5, 5.41) is 1.15. The summed E-state index contributed by atoms with van der Waals surface area (Å²) in [6.07, 6.45) is 5.38. The van der Waals surface area contributed by atoms with Crippen molar-refractivity contribution >= 4 is 10.7 Å². The molecule has 0 bridgehead atoms. The van der Waals surface area contributed by atoms with Gasteiger partial charge in [-0.15, -0.1) is 0 Å². The summed E-state index contributed by atoms with van der Waals surface area (Å²) < 4.78 is 20.4. The fourth-order valence-corrected chi connectivity index (χ4v) is 1.13. The average molecular weight is 200 g/mol. The van der Waals surface area contributed by atoms with Crippen LogP contribution in [0.1, 0.15) is 26.7 Å². The van der Waals surface area contributed by atoms with Gasteiger partial charge >= 0.3 is 0 Å². The standard InChI is InChI=1S/C10H16O2S/c1-9(2)5-4-6-10(3)7-8-13(11)12/h5,7-8,13H,3-4,6H2,1-2H3. The number of hydrogen-bond acceptors (Lipinski definition) is 2. The highest BCUT2D eigenvalue weighted by Gasteiger charge is 1.87. The van der Waals surface area contributed by atoms with Gasteiger partial charge in [0.1, 0.15) is 0 Å².